The largest absolute Gasteiger partial charge is 0.416 e. The van der Waals surface area contributed by atoms with Gasteiger partial charge < -0.3 is 15.2 Å². The number of benzene rings is 1. The molecular weight excluding hydrogens is 411 g/mol. The Morgan fingerprint density at radius 2 is 2.00 bits per heavy atom. The van der Waals surface area contributed by atoms with Gasteiger partial charge >= 0.3 is 6.18 Å². The Labute approximate surface area is 166 Å². The lowest BCUT2D eigenvalue weighted by Crippen LogP contribution is -2.44. The van der Waals surface area contributed by atoms with E-state index in [-0.39, 0.29) is 18.5 Å². The lowest BCUT2D eigenvalue weighted by Gasteiger charge is -2.29. The maximum Gasteiger partial charge on any atom is 0.416 e. The van der Waals surface area contributed by atoms with Crippen LogP contribution in [0, 0.1) is 17.2 Å². The van der Waals surface area contributed by atoms with Crippen molar-refractivity contribution < 1.29 is 36.6 Å². The van der Waals surface area contributed by atoms with E-state index in [0.717, 1.165) is 12.1 Å². The van der Waals surface area contributed by atoms with E-state index in [1.165, 1.54) is 12.3 Å². The summed E-state index contributed by atoms with van der Waals surface area (Å²) in [4.78, 5) is 16.7. The Balaban J connectivity index is 1.51. The van der Waals surface area contributed by atoms with E-state index in [4.69, 9.17) is 4.74 Å². The van der Waals surface area contributed by atoms with E-state index >= 15 is 0 Å². The third-order valence-corrected chi connectivity index (χ3v) is 6.51. The first-order chi connectivity index (χ1) is 14.1. The van der Waals surface area contributed by atoms with Crippen molar-refractivity contribution in [2.75, 3.05) is 5.32 Å². The molecule has 10 heteroatoms. The molecule has 5 rings (SSSR count). The summed E-state index contributed by atoms with van der Waals surface area (Å²) in [5.74, 6) is -2.56. The van der Waals surface area contributed by atoms with E-state index in [2.05, 4.69) is 10.3 Å². The minimum Gasteiger partial charge on any atom is -0.390 e. The fraction of sp³-hybridized carbons (Fsp3) is 0.400. The van der Waals surface area contributed by atoms with Gasteiger partial charge in [-0.05, 0) is 42.3 Å². The smallest absolute Gasteiger partial charge is 0.390 e. The van der Waals surface area contributed by atoms with E-state index < -0.39 is 58.6 Å². The molecule has 1 amide bonds. The number of aliphatic hydroxyl groups is 1. The molecule has 2 bridgehead atoms. The number of halogens is 5. The van der Waals surface area contributed by atoms with Gasteiger partial charge in [-0.25, -0.2) is 9.37 Å². The van der Waals surface area contributed by atoms with E-state index in [9.17, 15) is 31.9 Å². The van der Waals surface area contributed by atoms with Crippen LogP contribution in [0.3, 0.4) is 0 Å². The molecule has 2 aliphatic heterocycles. The third-order valence-electron chi connectivity index (χ3n) is 6.51. The highest BCUT2D eigenvalue weighted by Crippen LogP contribution is 2.77. The summed E-state index contributed by atoms with van der Waals surface area (Å²) < 4.78 is 72.2. The predicted octanol–water partition coefficient (Wildman–Crippen LogP) is 3.18. The van der Waals surface area contributed by atoms with Crippen molar-refractivity contribution in [1.29, 1.82) is 0 Å². The van der Waals surface area contributed by atoms with Gasteiger partial charge in [0.25, 0.3) is 0 Å². The summed E-state index contributed by atoms with van der Waals surface area (Å²) in [6.07, 6.45) is -5.45. The first-order valence-corrected chi connectivity index (χ1v) is 9.23. The number of fused-ring (bicyclic) bond motifs is 5. The average Bonchev–Trinajstić information content (AvgIpc) is 3.14. The van der Waals surface area contributed by atoms with Crippen molar-refractivity contribution in [3.8, 4) is 0 Å². The molecule has 30 heavy (non-hydrogen) atoms. The number of ether oxygens (including phenoxy) is 1. The Kier molecular flexibility index (Phi) is 3.86. The molecule has 3 fully saturated rings. The average molecular weight is 426 g/mol. The van der Waals surface area contributed by atoms with Crippen LogP contribution in [-0.4, -0.2) is 34.3 Å². The van der Waals surface area contributed by atoms with Crippen LogP contribution < -0.4 is 5.32 Å². The molecule has 2 saturated heterocycles. The zero-order valence-electron chi connectivity index (χ0n) is 15.2. The number of rotatable bonds is 3. The van der Waals surface area contributed by atoms with Crippen molar-refractivity contribution in [3.63, 3.8) is 0 Å². The number of pyridine rings is 1. The van der Waals surface area contributed by atoms with Crippen LogP contribution in [0.4, 0.5) is 27.6 Å². The van der Waals surface area contributed by atoms with Crippen molar-refractivity contribution in [2.45, 2.75) is 42.7 Å². The summed E-state index contributed by atoms with van der Waals surface area (Å²) in [6, 6.07) is 4.47. The number of alkyl halides is 3. The zero-order chi connectivity index (χ0) is 21.5. The predicted molar refractivity (Wildman–Crippen MR) is 92.2 cm³/mol. The normalized spacial score (nSPS) is 34.0. The maximum atomic E-state index is 13.8. The quantitative estimate of drug-likeness (QED) is 0.584. The van der Waals surface area contributed by atoms with E-state index in [1.807, 2.05) is 0 Å². The van der Waals surface area contributed by atoms with Crippen LogP contribution in [-0.2, 0) is 21.1 Å². The standard InChI is InChI=1S/C20H15F5N2O3/c21-11-3-10(20(23,24)25)4-12(6-11)27-17(29)19-8-18(19,9-1-2-26-15(22)5-9)16-13(28)7-14(19)30-16/h1-6,13-14,16,28H,7-8H2,(H,27,29). The van der Waals surface area contributed by atoms with Gasteiger partial charge in [0.15, 0.2) is 0 Å². The number of amides is 1. The summed E-state index contributed by atoms with van der Waals surface area (Å²) in [6.45, 7) is 0. The Bertz CT molecular complexity index is 1060. The number of hydrogen-bond donors (Lipinski definition) is 2. The van der Waals surface area contributed by atoms with Crippen LogP contribution >= 0.6 is 0 Å². The van der Waals surface area contributed by atoms with Crippen molar-refractivity contribution in [1.82, 2.24) is 4.98 Å². The Hall–Kier alpha value is -2.59. The fourth-order valence-electron chi connectivity index (χ4n) is 5.28. The number of nitrogens with one attached hydrogen (secondary N) is 1. The molecule has 5 unspecified atom stereocenters. The van der Waals surface area contributed by atoms with E-state index in [0.29, 0.717) is 17.7 Å². The molecular formula is C20H15F5N2O3. The molecule has 0 spiro atoms. The van der Waals surface area contributed by atoms with Gasteiger partial charge in [-0.15, -0.1) is 0 Å². The van der Waals surface area contributed by atoms with Crippen LogP contribution in [0.15, 0.2) is 36.5 Å². The molecule has 1 aliphatic carbocycles. The number of carbonyl (C=O) groups excluding carboxylic acids is 1. The Morgan fingerprint density at radius 1 is 1.23 bits per heavy atom. The summed E-state index contributed by atoms with van der Waals surface area (Å²) >= 11 is 0. The van der Waals surface area contributed by atoms with Gasteiger partial charge in [0, 0.05) is 23.7 Å². The number of anilines is 1. The summed E-state index contributed by atoms with van der Waals surface area (Å²) in [5, 5.41) is 12.7. The highest BCUT2D eigenvalue weighted by atomic mass is 19.4. The first kappa shape index (κ1) is 19.4. The van der Waals surface area contributed by atoms with Gasteiger partial charge in [-0.1, -0.05) is 0 Å². The second-order valence-electron chi connectivity index (χ2n) is 8.02. The fourth-order valence-corrected chi connectivity index (χ4v) is 5.28. The van der Waals surface area contributed by atoms with Gasteiger partial charge in [0.1, 0.15) is 5.82 Å². The summed E-state index contributed by atoms with van der Waals surface area (Å²) in [7, 11) is 0. The molecule has 158 valence electrons. The molecule has 1 aromatic carbocycles. The Morgan fingerprint density at radius 3 is 2.70 bits per heavy atom. The maximum absolute atomic E-state index is 13.8. The number of hydrogen-bond acceptors (Lipinski definition) is 4. The molecule has 2 N–H and O–H groups in total. The third kappa shape index (κ3) is 2.46. The molecule has 3 heterocycles. The molecule has 5 atom stereocenters. The number of carbonyl (C=O) groups is 1. The number of nitrogens with zero attached hydrogens (tertiary/aromatic N) is 1. The highest BCUT2D eigenvalue weighted by Gasteiger charge is 2.87. The summed E-state index contributed by atoms with van der Waals surface area (Å²) in [5.41, 5.74) is -3.37. The van der Waals surface area contributed by atoms with Gasteiger partial charge in [-0.3, -0.25) is 4.79 Å². The number of aromatic nitrogens is 1. The van der Waals surface area contributed by atoms with Crippen LogP contribution in [0.5, 0.6) is 0 Å². The molecule has 3 aliphatic rings. The number of aliphatic hydroxyl groups excluding tert-OH is 1. The lowest BCUT2D eigenvalue weighted by molar-refractivity contribution is -0.137. The SMILES string of the molecule is O=C(Nc1cc(F)cc(C(F)(F)F)c1)C12CC1(c1ccnc(F)c1)C1OC2CC1O. The minimum atomic E-state index is -4.78. The highest BCUT2D eigenvalue weighted by molar-refractivity contribution is 6.01. The molecule has 2 aromatic rings. The van der Waals surface area contributed by atoms with Crippen molar-refractivity contribution >= 4 is 11.6 Å². The van der Waals surface area contributed by atoms with Gasteiger partial charge in [0.2, 0.25) is 11.9 Å². The molecule has 0 radical (unpaired) electrons. The second-order valence-corrected chi connectivity index (χ2v) is 8.02. The molecule has 5 nitrogen and oxygen atoms in total. The van der Waals surface area contributed by atoms with E-state index in [1.54, 1.807) is 0 Å². The molecule has 1 saturated carbocycles. The zero-order valence-corrected chi connectivity index (χ0v) is 15.2. The monoisotopic (exact) mass is 426 g/mol. The second kappa shape index (κ2) is 5.98. The van der Waals surface area contributed by atoms with Crippen LogP contribution in [0.1, 0.15) is 24.0 Å². The van der Waals surface area contributed by atoms with Gasteiger partial charge in [-0.2, -0.15) is 17.6 Å². The van der Waals surface area contributed by atoms with Crippen LogP contribution in [0.2, 0.25) is 0 Å². The van der Waals surface area contributed by atoms with Crippen molar-refractivity contribution in [2.24, 2.45) is 5.41 Å². The van der Waals surface area contributed by atoms with Gasteiger partial charge in [0.05, 0.1) is 29.3 Å². The lowest BCUT2D eigenvalue weighted by atomic mass is 9.74. The minimum absolute atomic E-state index is 0.171. The first-order valence-electron chi connectivity index (χ1n) is 9.23. The van der Waals surface area contributed by atoms with Crippen molar-refractivity contribution in [3.05, 3.63) is 59.4 Å². The topological polar surface area (TPSA) is 71.5 Å². The van der Waals surface area contributed by atoms with Crippen LogP contribution in [0.25, 0.3) is 0 Å². The molecule has 1 aromatic heterocycles.